The fourth-order valence-corrected chi connectivity index (χ4v) is 3.14. The van der Waals surface area contributed by atoms with Crippen LogP contribution in [-0.4, -0.2) is 192 Å². The van der Waals surface area contributed by atoms with Crippen LogP contribution in [-0.2, 0) is 76.2 Å². The summed E-state index contributed by atoms with van der Waals surface area (Å²) in [6.45, 7) is 11.2. The molecule has 0 aromatic carbocycles. The third-order valence-corrected chi connectivity index (χ3v) is 5.45. The highest BCUT2D eigenvalue weighted by Gasteiger charge is 2.03. The lowest BCUT2D eigenvalue weighted by Crippen LogP contribution is -2.15. The molecule has 45 heavy (non-hydrogen) atoms. The molecule has 0 aliphatic rings. The maximum atomic E-state index is 10.3. The predicted molar refractivity (Wildman–Crippen MR) is 159 cm³/mol. The van der Waals surface area contributed by atoms with Gasteiger partial charge in [0, 0.05) is 7.11 Å². The Morgan fingerprint density at radius 1 is 0.311 bits per heavy atom. The zero-order valence-electron chi connectivity index (χ0n) is 26.8. The average molecular weight is 685 g/mol. The molecule has 0 aliphatic heterocycles. The summed E-state index contributed by atoms with van der Waals surface area (Å²) in [6, 6.07) is 0. The minimum Gasteiger partial charge on any atom is -0.382 e. The lowest BCUT2D eigenvalue weighted by atomic mass is 10.6. The van der Waals surface area contributed by atoms with Crippen molar-refractivity contribution in [1.29, 1.82) is 0 Å². The van der Waals surface area contributed by atoms with Crippen molar-refractivity contribution in [2.75, 3.05) is 179 Å². The van der Waals surface area contributed by atoms with E-state index in [1.165, 1.54) is 0 Å². The Morgan fingerprint density at radius 2 is 0.467 bits per heavy atom. The Hall–Kier alpha value is -0.650. The quantitative estimate of drug-likeness (QED) is 0.0652. The maximum absolute atomic E-state index is 10.3. The maximum Gasteiger partial charge on any atom is 0.397 e. The number of hydrogen-bond donors (Lipinski definition) is 1. The zero-order valence-corrected chi connectivity index (χ0v) is 27.6. The van der Waals surface area contributed by atoms with Crippen LogP contribution in [0.3, 0.4) is 0 Å². The highest BCUT2D eigenvalue weighted by atomic mass is 32.3. The molecule has 272 valence electrons. The molecule has 0 fully saturated rings. The van der Waals surface area contributed by atoms with Crippen LogP contribution in [0.2, 0.25) is 0 Å². The van der Waals surface area contributed by atoms with Crippen molar-refractivity contribution in [3.8, 4) is 0 Å². The fourth-order valence-electron chi connectivity index (χ4n) is 2.86. The predicted octanol–water partition coefficient (Wildman–Crippen LogP) is -0.349. The van der Waals surface area contributed by atoms with Crippen molar-refractivity contribution >= 4 is 10.4 Å². The van der Waals surface area contributed by atoms with Gasteiger partial charge in [0.2, 0.25) is 0 Å². The summed E-state index contributed by atoms with van der Waals surface area (Å²) in [5.41, 5.74) is 0. The molecular formula is C27H56O17S. The SMILES string of the molecule is COCCOCCOCCOCCOCCOCCOCCOCCOCCOCCOCCOCCOCCOS(=O)(=O)O. The van der Waals surface area contributed by atoms with Gasteiger partial charge in [0.05, 0.1) is 172 Å². The first-order valence-electron chi connectivity index (χ1n) is 15.1. The van der Waals surface area contributed by atoms with E-state index in [4.69, 9.17) is 66.1 Å². The van der Waals surface area contributed by atoms with Gasteiger partial charge in [0.15, 0.2) is 0 Å². The molecular weight excluding hydrogens is 628 g/mol. The van der Waals surface area contributed by atoms with Gasteiger partial charge in [-0.15, -0.1) is 0 Å². The van der Waals surface area contributed by atoms with Crippen molar-refractivity contribution in [3.63, 3.8) is 0 Å². The highest BCUT2D eigenvalue weighted by molar-refractivity contribution is 7.80. The van der Waals surface area contributed by atoms with Gasteiger partial charge in [-0.2, -0.15) is 8.42 Å². The van der Waals surface area contributed by atoms with Crippen molar-refractivity contribution < 1.29 is 78.7 Å². The smallest absolute Gasteiger partial charge is 0.382 e. The van der Waals surface area contributed by atoms with Gasteiger partial charge in [-0.1, -0.05) is 0 Å². The standard InChI is InChI=1S/C27H56O17S/c1-31-2-3-32-4-5-33-6-7-34-8-9-35-10-11-36-12-13-37-14-15-38-16-17-39-18-19-40-20-21-41-22-23-42-24-25-43-26-27-44-45(28,29)30/h2-27H2,1H3,(H,28,29,30). The number of hydrogen-bond acceptors (Lipinski definition) is 16. The van der Waals surface area contributed by atoms with Gasteiger partial charge < -0.3 is 61.6 Å². The van der Waals surface area contributed by atoms with E-state index in [9.17, 15) is 8.42 Å². The second-order valence-electron chi connectivity index (χ2n) is 8.59. The van der Waals surface area contributed by atoms with Crippen LogP contribution in [0.4, 0.5) is 0 Å². The average Bonchev–Trinajstić information content (AvgIpc) is 3.01. The molecule has 0 atom stereocenters. The Morgan fingerprint density at radius 3 is 0.622 bits per heavy atom. The second kappa shape index (κ2) is 37.8. The van der Waals surface area contributed by atoms with Crippen LogP contribution in [0.5, 0.6) is 0 Å². The largest absolute Gasteiger partial charge is 0.397 e. The van der Waals surface area contributed by atoms with Crippen LogP contribution in [0, 0.1) is 0 Å². The molecule has 0 rings (SSSR count). The Labute approximate surface area is 268 Å². The normalized spacial score (nSPS) is 12.0. The van der Waals surface area contributed by atoms with E-state index >= 15 is 0 Å². The van der Waals surface area contributed by atoms with Gasteiger partial charge in [0.25, 0.3) is 0 Å². The van der Waals surface area contributed by atoms with E-state index in [0.29, 0.717) is 152 Å². The monoisotopic (exact) mass is 684 g/mol. The van der Waals surface area contributed by atoms with Crippen molar-refractivity contribution in [2.45, 2.75) is 0 Å². The minimum absolute atomic E-state index is 0.0299. The molecule has 18 heteroatoms. The first-order valence-corrected chi connectivity index (χ1v) is 16.5. The molecule has 0 unspecified atom stereocenters. The third kappa shape index (κ3) is 43.4. The van der Waals surface area contributed by atoms with Crippen LogP contribution < -0.4 is 0 Å². The molecule has 0 heterocycles. The second-order valence-corrected chi connectivity index (χ2v) is 9.68. The molecule has 1 N–H and O–H groups in total. The van der Waals surface area contributed by atoms with E-state index in [1.54, 1.807) is 7.11 Å². The summed E-state index contributed by atoms with van der Waals surface area (Å²) in [7, 11) is -2.79. The number of rotatable bonds is 40. The molecule has 0 aromatic rings. The summed E-state index contributed by atoms with van der Waals surface area (Å²) < 4.78 is 102. The molecule has 0 bridgehead atoms. The number of methoxy groups -OCH3 is 1. The highest BCUT2D eigenvalue weighted by Crippen LogP contribution is 1.89. The number of ether oxygens (including phenoxy) is 13. The summed E-state index contributed by atoms with van der Waals surface area (Å²) in [4.78, 5) is 0. The molecule has 0 aliphatic carbocycles. The van der Waals surface area contributed by atoms with Crippen LogP contribution in [0.25, 0.3) is 0 Å². The van der Waals surface area contributed by atoms with Crippen molar-refractivity contribution in [1.82, 2.24) is 0 Å². The van der Waals surface area contributed by atoms with Gasteiger partial charge in [-0.3, -0.25) is 4.55 Å². The molecule has 0 aromatic heterocycles. The molecule has 0 saturated carbocycles. The van der Waals surface area contributed by atoms with E-state index in [0.717, 1.165) is 0 Å². The van der Waals surface area contributed by atoms with Crippen LogP contribution >= 0.6 is 0 Å². The van der Waals surface area contributed by atoms with E-state index in [1.807, 2.05) is 0 Å². The van der Waals surface area contributed by atoms with Gasteiger partial charge in [0.1, 0.15) is 0 Å². The lowest BCUT2D eigenvalue weighted by Gasteiger charge is -2.09. The van der Waals surface area contributed by atoms with Gasteiger partial charge >= 0.3 is 10.4 Å². The first-order chi connectivity index (χ1) is 22.1. The molecule has 0 saturated heterocycles. The minimum atomic E-state index is -4.42. The Kier molecular flexibility index (Phi) is 37.3. The molecule has 0 spiro atoms. The molecule has 0 amide bonds. The zero-order chi connectivity index (χ0) is 32.8. The van der Waals surface area contributed by atoms with Gasteiger partial charge in [-0.05, 0) is 0 Å². The van der Waals surface area contributed by atoms with Crippen molar-refractivity contribution in [2.24, 2.45) is 0 Å². The molecule has 17 nitrogen and oxygen atoms in total. The van der Waals surface area contributed by atoms with E-state index < -0.39 is 10.4 Å². The molecule has 0 radical (unpaired) electrons. The summed E-state index contributed by atoms with van der Waals surface area (Å²) in [6.07, 6.45) is 0. The summed E-state index contributed by atoms with van der Waals surface area (Å²) >= 11 is 0. The first kappa shape index (κ1) is 44.4. The van der Waals surface area contributed by atoms with Crippen LogP contribution in [0.1, 0.15) is 0 Å². The van der Waals surface area contributed by atoms with Crippen LogP contribution in [0.15, 0.2) is 0 Å². The lowest BCUT2D eigenvalue weighted by molar-refractivity contribution is -0.0289. The topological polar surface area (TPSA) is 184 Å². The Balaban J connectivity index is 3.06. The summed E-state index contributed by atoms with van der Waals surface area (Å²) in [5, 5.41) is 0. The van der Waals surface area contributed by atoms with E-state index in [2.05, 4.69) is 4.18 Å². The summed E-state index contributed by atoms with van der Waals surface area (Å²) in [5.74, 6) is 0. The Bertz CT molecular complexity index is 659. The van der Waals surface area contributed by atoms with Crippen molar-refractivity contribution in [3.05, 3.63) is 0 Å². The fraction of sp³-hybridized carbons (Fsp3) is 1.00. The third-order valence-electron chi connectivity index (χ3n) is 4.98. The van der Waals surface area contributed by atoms with Gasteiger partial charge in [-0.25, -0.2) is 4.18 Å². The van der Waals surface area contributed by atoms with E-state index in [-0.39, 0.29) is 19.8 Å².